The van der Waals surface area contributed by atoms with E-state index >= 15 is 0 Å². The molecule has 92 valence electrons. The molecule has 4 nitrogen and oxygen atoms in total. The van der Waals surface area contributed by atoms with Crippen molar-refractivity contribution in [1.82, 2.24) is 0 Å². The second-order valence-corrected chi connectivity index (χ2v) is 4.84. The first-order chi connectivity index (χ1) is 8.56. The zero-order valence-electron chi connectivity index (χ0n) is 9.39. The summed E-state index contributed by atoms with van der Waals surface area (Å²) in [7, 11) is 0. The number of nitrogen functional groups attached to an aromatic ring is 1. The average Bonchev–Trinajstić information content (AvgIpc) is 2.33. The van der Waals surface area contributed by atoms with E-state index in [4.69, 9.17) is 16.2 Å². The number of rotatable bonds is 3. The van der Waals surface area contributed by atoms with Crippen molar-refractivity contribution in [2.45, 2.75) is 0 Å². The van der Waals surface area contributed by atoms with E-state index in [1.807, 2.05) is 6.07 Å². The van der Waals surface area contributed by atoms with E-state index < -0.39 is 5.91 Å². The monoisotopic (exact) mass is 354 g/mol. The van der Waals surface area contributed by atoms with E-state index in [1.54, 1.807) is 36.4 Å². The van der Waals surface area contributed by atoms with Gasteiger partial charge >= 0.3 is 0 Å². The van der Waals surface area contributed by atoms with Crippen LogP contribution in [0.3, 0.4) is 0 Å². The molecule has 0 aliphatic rings. The summed E-state index contributed by atoms with van der Waals surface area (Å²) < 4.78 is 6.61. The normalized spacial score (nSPS) is 10.1. The molecule has 2 aromatic carbocycles. The molecule has 0 saturated heterocycles. The van der Waals surface area contributed by atoms with Gasteiger partial charge in [-0.25, -0.2) is 0 Å². The summed E-state index contributed by atoms with van der Waals surface area (Å²) in [5.41, 5.74) is 12.0. The lowest BCUT2D eigenvalue weighted by Crippen LogP contribution is -2.10. The van der Waals surface area contributed by atoms with Gasteiger partial charge in [-0.2, -0.15) is 0 Å². The lowest BCUT2D eigenvalue weighted by atomic mass is 10.2. The van der Waals surface area contributed by atoms with Crippen molar-refractivity contribution in [2.75, 3.05) is 5.73 Å². The molecule has 2 rings (SSSR count). The number of amides is 1. The minimum absolute atomic E-state index is 0.453. The Kier molecular flexibility index (Phi) is 3.71. The fraction of sp³-hybridized carbons (Fsp3) is 0. The van der Waals surface area contributed by atoms with Crippen LogP contribution in [0.5, 0.6) is 11.5 Å². The van der Waals surface area contributed by atoms with E-state index in [1.165, 1.54) is 0 Å². The van der Waals surface area contributed by atoms with Crippen molar-refractivity contribution >= 4 is 34.2 Å². The molecule has 4 N–H and O–H groups in total. The molecule has 0 aliphatic carbocycles. The third-order valence-electron chi connectivity index (χ3n) is 2.32. The van der Waals surface area contributed by atoms with E-state index in [0.717, 1.165) is 9.32 Å². The van der Waals surface area contributed by atoms with Crippen LogP contribution in [0.15, 0.2) is 42.5 Å². The summed E-state index contributed by atoms with van der Waals surface area (Å²) >= 11 is 2.15. The topological polar surface area (TPSA) is 78.3 Å². The van der Waals surface area contributed by atoms with Crippen molar-refractivity contribution in [3.05, 3.63) is 51.6 Å². The molecule has 0 spiro atoms. The zero-order chi connectivity index (χ0) is 13.1. The first-order valence-corrected chi connectivity index (χ1v) is 6.27. The van der Waals surface area contributed by atoms with Gasteiger partial charge in [-0.3, -0.25) is 4.79 Å². The summed E-state index contributed by atoms with van der Waals surface area (Å²) in [5, 5.41) is 0. The maximum atomic E-state index is 10.9. The Morgan fingerprint density at radius 3 is 2.33 bits per heavy atom. The first kappa shape index (κ1) is 12.7. The van der Waals surface area contributed by atoms with E-state index in [2.05, 4.69) is 22.6 Å². The molecule has 0 bridgehead atoms. The first-order valence-electron chi connectivity index (χ1n) is 5.19. The van der Waals surface area contributed by atoms with Crippen molar-refractivity contribution in [3.8, 4) is 11.5 Å². The van der Waals surface area contributed by atoms with Gasteiger partial charge in [-0.15, -0.1) is 0 Å². The Hall–Kier alpha value is -1.76. The van der Waals surface area contributed by atoms with Crippen molar-refractivity contribution < 1.29 is 9.53 Å². The zero-order valence-corrected chi connectivity index (χ0v) is 11.5. The SMILES string of the molecule is NC(=O)c1ccc(Oc2ccc(N)cc2I)cc1. The van der Waals surface area contributed by atoms with Gasteiger partial charge in [0.25, 0.3) is 0 Å². The molecule has 18 heavy (non-hydrogen) atoms. The van der Waals surface area contributed by atoms with Crippen LogP contribution in [0.1, 0.15) is 10.4 Å². The highest BCUT2D eigenvalue weighted by Crippen LogP contribution is 2.28. The third kappa shape index (κ3) is 2.92. The van der Waals surface area contributed by atoms with Crippen LogP contribution in [-0.2, 0) is 0 Å². The highest BCUT2D eigenvalue weighted by molar-refractivity contribution is 14.1. The molecular weight excluding hydrogens is 343 g/mol. The number of primary amides is 1. The third-order valence-corrected chi connectivity index (χ3v) is 3.17. The highest BCUT2D eigenvalue weighted by Gasteiger charge is 2.04. The number of halogens is 1. The maximum Gasteiger partial charge on any atom is 0.248 e. The fourth-order valence-electron chi connectivity index (χ4n) is 1.41. The molecule has 1 amide bonds. The number of hydrogen-bond donors (Lipinski definition) is 2. The van der Waals surface area contributed by atoms with Gasteiger partial charge in [-0.05, 0) is 65.1 Å². The van der Waals surface area contributed by atoms with Crippen molar-refractivity contribution in [3.63, 3.8) is 0 Å². The molecule has 0 radical (unpaired) electrons. The Morgan fingerprint density at radius 2 is 1.78 bits per heavy atom. The van der Waals surface area contributed by atoms with Crippen molar-refractivity contribution in [2.24, 2.45) is 5.73 Å². The van der Waals surface area contributed by atoms with Gasteiger partial charge in [0.15, 0.2) is 0 Å². The molecule has 0 aromatic heterocycles. The minimum Gasteiger partial charge on any atom is -0.456 e. The van der Waals surface area contributed by atoms with Gasteiger partial charge in [0.2, 0.25) is 5.91 Å². The van der Waals surface area contributed by atoms with Crippen LogP contribution in [0.2, 0.25) is 0 Å². The molecule has 0 heterocycles. The number of ether oxygens (including phenoxy) is 1. The minimum atomic E-state index is -0.455. The predicted octanol–water partition coefficient (Wildman–Crippen LogP) is 2.76. The van der Waals surface area contributed by atoms with Gasteiger partial charge < -0.3 is 16.2 Å². The van der Waals surface area contributed by atoms with Gasteiger partial charge in [0, 0.05) is 11.3 Å². The van der Waals surface area contributed by atoms with Gasteiger partial charge in [0.05, 0.1) is 3.57 Å². The van der Waals surface area contributed by atoms with Crippen LogP contribution in [0.25, 0.3) is 0 Å². The van der Waals surface area contributed by atoms with Gasteiger partial charge in [-0.1, -0.05) is 0 Å². The van der Waals surface area contributed by atoms with Gasteiger partial charge in [0.1, 0.15) is 11.5 Å². The second kappa shape index (κ2) is 5.26. The number of benzene rings is 2. The van der Waals surface area contributed by atoms with Crippen molar-refractivity contribution in [1.29, 1.82) is 0 Å². The molecule has 0 atom stereocenters. The number of nitrogens with two attached hydrogens (primary N) is 2. The maximum absolute atomic E-state index is 10.9. The van der Waals surface area contributed by atoms with E-state index in [0.29, 0.717) is 17.0 Å². The lowest BCUT2D eigenvalue weighted by Gasteiger charge is -2.08. The molecular formula is C13H11IN2O2. The molecule has 2 aromatic rings. The quantitative estimate of drug-likeness (QED) is 0.657. The Balaban J connectivity index is 2.21. The summed E-state index contributed by atoms with van der Waals surface area (Å²) in [4.78, 5) is 10.9. The second-order valence-electron chi connectivity index (χ2n) is 3.68. The Labute approximate surface area is 118 Å². The molecule has 0 aliphatic heterocycles. The standard InChI is InChI=1S/C13H11IN2O2/c14-11-7-9(15)3-6-12(11)18-10-4-1-8(2-5-10)13(16)17/h1-7H,15H2,(H2,16,17). The number of carbonyl (C=O) groups is 1. The smallest absolute Gasteiger partial charge is 0.248 e. The molecule has 0 fully saturated rings. The Bertz CT molecular complexity index is 582. The number of carbonyl (C=O) groups excluding carboxylic acids is 1. The van der Waals surface area contributed by atoms with E-state index in [9.17, 15) is 4.79 Å². The van der Waals surface area contributed by atoms with Crippen LogP contribution in [0.4, 0.5) is 5.69 Å². The summed E-state index contributed by atoms with van der Waals surface area (Å²) in [6.07, 6.45) is 0. The summed E-state index contributed by atoms with van der Waals surface area (Å²) in [5.74, 6) is 0.905. The summed E-state index contributed by atoms with van der Waals surface area (Å²) in [6, 6.07) is 12.1. The van der Waals surface area contributed by atoms with E-state index in [-0.39, 0.29) is 0 Å². The largest absolute Gasteiger partial charge is 0.456 e. The predicted molar refractivity (Wildman–Crippen MR) is 78.6 cm³/mol. The number of hydrogen-bond acceptors (Lipinski definition) is 3. The van der Waals surface area contributed by atoms with Crippen LogP contribution in [-0.4, -0.2) is 5.91 Å². The average molecular weight is 354 g/mol. The molecule has 5 heteroatoms. The fourth-order valence-corrected chi connectivity index (χ4v) is 2.06. The number of anilines is 1. The van der Waals surface area contributed by atoms with Crippen LogP contribution < -0.4 is 16.2 Å². The molecule has 0 unspecified atom stereocenters. The van der Waals surface area contributed by atoms with Crippen LogP contribution >= 0.6 is 22.6 Å². The highest BCUT2D eigenvalue weighted by atomic mass is 127. The molecule has 0 saturated carbocycles. The van der Waals surface area contributed by atoms with Crippen LogP contribution in [0, 0.1) is 3.57 Å². The Morgan fingerprint density at radius 1 is 1.11 bits per heavy atom. The lowest BCUT2D eigenvalue weighted by molar-refractivity contribution is 0.100. The summed E-state index contributed by atoms with van der Waals surface area (Å²) in [6.45, 7) is 0.